The Morgan fingerprint density at radius 3 is 2.59 bits per heavy atom. The highest BCUT2D eigenvalue weighted by atomic mass is 35.5. The molecular formula is C20H22ClN3O3. The van der Waals surface area contributed by atoms with Gasteiger partial charge in [-0.2, -0.15) is 0 Å². The van der Waals surface area contributed by atoms with Gasteiger partial charge in [-0.15, -0.1) is 0 Å². The molecule has 7 heteroatoms. The van der Waals surface area contributed by atoms with Crippen LogP contribution < -0.4 is 5.32 Å². The van der Waals surface area contributed by atoms with Crippen molar-refractivity contribution in [1.82, 2.24) is 9.88 Å². The van der Waals surface area contributed by atoms with E-state index in [4.69, 9.17) is 16.3 Å². The molecule has 0 aliphatic carbocycles. The van der Waals surface area contributed by atoms with Crippen molar-refractivity contribution in [2.75, 3.05) is 18.4 Å². The SMILES string of the molecule is CC(=O)N1CCC(Nc2nccc(C(=O)OCc3ccccc3)c2Cl)CC1. The summed E-state index contributed by atoms with van der Waals surface area (Å²) in [5, 5.41) is 3.54. The molecule has 0 spiro atoms. The van der Waals surface area contributed by atoms with Gasteiger partial charge in [0.2, 0.25) is 5.91 Å². The molecule has 2 aromatic rings. The minimum absolute atomic E-state index is 0.0905. The third kappa shape index (κ3) is 4.98. The second-order valence-corrected chi connectivity index (χ2v) is 6.89. The number of rotatable bonds is 5. The summed E-state index contributed by atoms with van der Waals surface area (Å²) in [5.74, 6) is 0.0700. The molecule has 6 nitrogen and oxygen atoms in total. The van der Waals surface area contributed by atoms with Gasteiger partial charge in [0.15, 0.2) is 0 Å². The Kier molecular flexibility index (Phi) is 6.29. The number of pyridine rings is 1. The Balaban J connectivity index is 1.62. The molecule has 0 bridgehead atoms. The number of ether oxygens (including phenoxy) is 1. The topological polar surface area (TPSA) is 71.5 Å². The van der Waals surface area contributed by atoms with Gasteiger partial charge in [0.1, 0.15) is 12.4 Å². The number of likely N-dealkylation sites (tertiary alicyclic amines) is 1. The summed E-state index contributed by atoms with van der Waals surface area (Å²) >= 11 is 6.39. The van der Waals surface area contributed by atoms with Crippen LogP contribution in [0, 0.1) is 0 Å². The van der Waals surface area contributed by atoms with Crippen LogP contribution in [-0.2, 0) is 16.1 Å². The molecule has 0 saturated carbocycles. The predicted molar refractivity (Wildman–Crippen MR) is 104 cm³/mol. The molecule has 3 rings (SSSR count). The molecular weight excluding hydrogens is 366 g/mol. The highest BCUT2D eigenvalue weighted by Gasteiger charge is 2.23. The minimum Gasteiger partial charge on any atom is -0.457 e. The number of hydrogen-bond acceptors (Lipinski definition) is 5. The highest BCUT2D eigenvalue weighted by molar-refractivity contribution is 6.35. The fraction of sp³-hybridized carbons (Fsp3) is 0.350. The number of esters is 1. The minimum atomic E-state index is -0.485. The molecule has 1 amide bonds. The van der Waals surface area contributed by atoms with Gasteiger partial charge < -0.3 is 15.0 Å². The monoisotopic (exact) mass is 387 g/mol. The number of benzene rings is 1. The molecule has 1 aromatic heterocycles. The second kappa shape index (κ2) is 8.86. The van der Waals surface area contributed by atoms with Crippen LogP contribution in [0.5, 0.6) is 0 Å². The van der Waals surface area contributed by atoms with Crippen LogP contribution in [0.2, 0.25) is 5.02 Å². The van der Waals surface area contributed by atoms with Crippen LogP contribution >= 0.6 is 11.6 Å². The highest BCUT2D eigenvalue weighted by Crippen LogP contribution is 2.26. The smallest absolute Gasteiger partial charge is 0.340 e. The average Bonchev–Trinajstić information content (AvgIpc) is 2.69. The van der Waals surface area contributed by atoms with E-state index in [2.05, 4.69) is 10.3 Å². The lowest BCUT2D eigenvalue weighted by atomic mass is 10.0. The standard InChI is InChI=1S/C20H22ClN3O3/c1-14(25)24-11-8-16(9-12-24)23-19-18(21)17(7-10-22-19)20(26)27-13-15-5-3-2-4-6-15/h2-7,10,16H,8-9,11-13H2,1H3,(H,22,23). The predicted octanol–water partition coefficient (Wildman–Crippen LogP) is 3.51. The summed E-state index contributed by atoms with van der Waals surface area (Å²) in [6, 6.07) is 11.2. The van der Waals surface area contributed by atoms with Crippen molar-refractivity contribution in [3.8, 4) is 0 Å². The number of amides is 1. The fourth-order valence-electron chi connectivity index (χ4n) is 3.03. The molecule has 1 fully saturated rings. The zero-order valence-corrected chi connectivity index (χ0v) is 15.9. The van der Waals surface area contributed by atoms with E-state index in [9.17, 15) is 9.59 Å². The number of carbonyl (C=O) groups is 2. The Hall–Kier alpha value is -2.60. The van der Waals surface area contributed by atoms with Gasteiger partial charge in [0, 0.05) is 32.3 Å². The van der Waals surface area contributed by atoms with Crippen molar-refractivity contribution < 1.29 is 14.3 Å². The number of carbonyl (C=O) groups excluding carboxylic acids is 2. The summed E-state index contributed by atoms with van der Waals surface area (Å²) in [4.78, 5) is 29.9. The zero-order valence-electron chi connectivity index (χ0n) is 15.2. The van der Waals surface area contributed by atoms with E-state index in [1.165, 1.54) is 6.20 Å². The molecule has 1 N–H and O–H groups in total. The summed E-state index contributed by atoms with van der Waals surface area (Å²) in [6.07, 6.45) is 3.15. The Bertz CT molecular complexity index is 805. The van der Waals surface area contributed by atoms with Crippen molar-refractivity contribution in [3.05, 3.63) is 58.7 Å². The van der Waals surface area contributed by atoms with Crippen molar-refractivity contribution in [3.63, 3.8) is 0 Å². The quantitative estimate of drug-likeness (QED) is 0.795. The summed E-state index contributed by atoms with van der Waals surface area (Å²) in [7, 11) is 0. The Morgan fingerprint density at radius 2 is 1.93 bits per heavy atom. The molecule has 0 unspecified atom stereocenters. The molecule has 1 aromatic carbocycles. The first kappa shape index (κ1) is 19.2. The van der Waals surface area contributed by atoms with Gasteiger partial charge in [-0.05, 0) is 24.5 Å². The molecule has 0 atom stereocenters. The Morgan fingerprint density at radius 1 is 1.22 bits per heavy atom. The van der Waals surface area contributed by atoms with Crippen molar-refractivity contribution in [2.24, 2.45) is 0 Å². The van der Waals surface area contributed by atoms with Gasteiger partial charge in [0.05, 0.1) is 10.6 Å². The molecule has 1 aliphatic heterocycles. The van der Waals surface area contributed by atoms with Crippen molar-refractivity contribution in [2.45, 2.75) is 32.4 Å². The van der Waals surface area contributed by atoms with E-state index in [0.717, 1.165) is 18.4 Å². The van der Waals surface area contributed by atoms with Gasteiger partial charge in [-0.25, -0.2) is 9.78 Å². The van der Waals surface area contributed by atoms with Gasteiger partial charge in [-0.1, -0.05) is 41.9 Å². The number of halogens is 1. The average molecular weight is 388 g/mol. The van der Waals surface area contributed by atoms with Crippen molar-refractivity contribution >= 4 is 29.3 Å². The molecule has 1 saturated heterocycles. The molecule has 0 radical (unpaired) electrons. The van der Waals surface area contributed by atoms with E-state index >= 15 is 0 Å². The van der Waals surface area contributed by atoms with E-state index in [-0.39, 0.29) is 29.1 Å². The fourth-order valence-corrected chi connectivity index (χ4v) is 3.28. The van der Waals surface area contributed by atoms with Crippen LogP contribution in [0.4, 0.5) is 5.82 Å². The maximum Gasteiger partial charge on any atom is 0.340 e. The van der Waals surface area contributed by atoms with E-state index < -0.39 is 5.97 Å². The van der Waals surface area contributed by atoms with Crippen LogP contribution in [0.15, 0.2) is 42.6 Å². The number of nitrogens with zero attached hydrogens (tertiary/aromatic N) is 2. The number of anilines is 1. The third-order valence-corrected chi connectivity index (χ3v) is 4.99. The number of aromatic nitrogens is 1. The molecule has 142 valence electrons. The maximum atomic E-state index is 12.4. The van der Waals surface area contributed by atoms with Crippen molar-refractivity contribution in [1.29, 1.82) is 0 Å². The lowest BCUT2D eigenvalue weighted by Gasteiger charge is -2.32. The molecule has 1 aliphatic rings. The number of hydrogen-bond donors (Lipinski definition) is 1. The van der Waals surface area contributed by atoms with Gasteiger partial charge in [-0.3, -0.25) is 4.79 Å². The largest absolute Gasteiger partial charge is 0.457 e. The van der Waals surface area contributed by atoms with Crippen LogP contribution in [0.25, 0.3) is 0 Å². The number of piperidine rings is 1. The van der Waals surface area contributed by atoms with Gasteiger partial charge in [0.25, 0.3) is 0 Å². The second-order valence-electron chi connectivity index (χ2n) is 6.51. The van der Waals surface area contributed by atoms with Crippen LogP contribution in [-0.4, -0.2) is 40.9 Å². The molecule has 2 heterocycles. The van der Waals surface area contributed by atoms with Crippen LogP contribution in [0.3, 0.4) is 0 Å². The molecule has 27 heavy (non-hydrogen) atoms. The normalized spacial score (nSPS) is 14.7. The first-order chi connectivity index (χ1) is 13.0. The lowest BCUT2D eigenvalue weighted by molar-refractivity contribution is -0.129. The van der Waals surface area contributed by atoms with E-state index in [0.29, 0.717) is 18.9 Å². The first-order valence-corrected chi connectivity index (χ1v) is 9.30. The lowest BCUT2D eigenvalue weighted by Crippen LogP contribution is -2.41. The third-order valence-electron chi connectivity index (χ3n) is 4.60. The summed E-state index contributed by atoms with van der Waals surface area (Å²) < 4.78 is 5.36. The van der Waals surface area contributed by atoms with E-state index in [1.54, 1.807) is 13.0 Å². The Labute approximate surface area is 163 Å². The van der Waals surface area contributed by atoms with E-state index in [1.807, 2.05) is 35.2 Å². The summed E-state index contributed by atoms with van der Waals surface area (Å²) in [5.41, 5.74) is 1.19. The first-order valence-electron chi connectivity index (χ1n) is 8.92. The maximum absolute atomic E-state index is 12.4. The van der Waals surface area contributed by atoms with Gasteiger partial charge >= 0.3 is 5.97 Å². The summed E-state index contributed by atoms with van der Waals surface area (Å²) in [6.45, 7) is 3.16. The van der Waals surface area contributed by atoms with Crippen LogP contribution in [0.1, 0.15) is 35.7 Å². The zero-order chi connectivity index (χ0) is 19.2. The number of nitrogens with one attached hydrogen (secondary N) is 1.